The van der Waals surface area contributed by atoms with Crippen molar-refractivity contribution in [1.82, 2.24) is 15.5 Å². The SMILES string of the molecule is C[C@@H](C(=O)NC(=O)NC12CC3CC(CC(C3)C1)C2)N1CCc2ccccc2C1. The summed E-state index contributed by atoms with van der Waals surface area (Å²) in [7, 11) is 0. The van der Waals surface area contributed by atoms with E-state index in [0.29, 0.717) is 0 Å². The molecule has 0 saturated heterocycles. The van der Waals surface area contributed by atoms with Gasteiger partial charge in [-0.2, -0.15) is 0 Å². The lowest BCUT2D eigenvalue weighted by molar-refractivity contribution is -0.125. The van der Waals surface area contributed by atoms with Gasteiger partial charge in [0.25, 0.3) is 0 Å². The number of urea groups is 1. The Balaban J connectivity index is 1.18. The molecule has 3 amide bonds. The number of rotatable bonds is 3. The predicted octanol–water partition coefficient (Wildman–Crippen LogP) is 3.23. The van der Waals surface area contributed by atoms with Crippen LogP contribution in [0.1, 0.15) is 56.6 Å². The van der Waals surface area contributed by atoms with Gasteiger partial charge in [0, 0.05) is 18.6 Å². The lowest BCUT2D eigenvalue weighted by Gasteiger charge is -2.56. The van der Waals surface area contributed by atoms with Crippen molar-refractivity contribution in [2.75, 3.05) is 6.54 Å². The lowest BCUT2D eigenvalue weighted by atomic mass is 9.53. The molecule has 0 spiro atoms. The largest absolute Gasteiger partial charge is 0.332 e. The van der Waals surface area contributed by atoms with Gasteiger partial charge in [0.2, 0.25) is 5.91 Å². The molecule has 4 fully saturated rings. The molecule has 1 heterocycles. The summed E-state index contributed by atoms with van der Waals surface area (Å²) in [5, 5.41) is 5.88. The van der Waals surface area contributed by atoms with E-state index in [-0.39, 0.29) is 23.5 Å². The molecule has 4 aliphatic carbocycles. The number of benzene rings is 1. The number of carbonyl (C=O) groups is 2. The van der Waals surface area contributed by atoms with Crippen LogP contribution in [0.25, 0.3) is 0 Å². The third-order valence-corrected chi connectivity index (χ3v) is 7.74. The van der Waals surface area contributed by atoms with Crippen molar-refractivity contribution in [3.63, 3.8) is 0 Å². The summed E-state index contributed by atoms with van der Waals surface area (Å²) in [6, 6.07) is 7.81. The highest BCUT2D eigenvalue weighted by Crippen LogP contribution is 2.55. The molecule has 1 atom stereocenters. The molecule has 5 nitrogen and oxygen atoms in total. The molecular formula is C23H31N3O2. The Morgan fingerprint density at radius 1 is 1.04 bits per heavy atom. The number of amides is 3. The molecule has 0 radical (unpaired) electrons. The molecule has 5 heteroatoms. The Hall–Kier alpha value is -1.88. The molecule has 1 aromatic rings. The Labute approximate surface area is 167 Å². The predicted molar refractivity (Wildman–Crippen MR) is 108 cm³/mol. The van der Waals surface area contributed by atoms with Crippen LogP contribution in [0.3, 0.4) is 0 Å². The van der Waals surface area contributed by atoms with Crippen LogP contribution < -0.4 is 10.6 Å². The van der Waals surface area contributed by atoms with Gasteiger partial charge in [-0.1, -0.05) is 24.3 Å². The van der Waals surface area contributed by atoms with Crippen molar-refractivity contribution in [1.29, 1.82) is 0 Å². The summed E-state index contributed by atoms with van der Waals surface area (Å²) in [6.07, 6.45) is 8.27. The van der Waals surface area contributed by atoms with E-state index in [9.17, 15) is 9.59 Å². The number of carbonyl (C=O) groups excluding carboxylic acids is 2. The molecule has 28 heavy (non-hydrogen) atoms. The van der Waals surface area contributed by atoms with Crippen molar-refractivity contribution >= 4 is 11.9 Å². The molecule has 1 aliphatic heterocycles. The number of nitrogens with zero attached hydrogens (tertiary/aromatic N) is 1. The zero-order valence-corrected chi connectivity index (χ0v) is 16.7. The van der Waals surface area contributed by atoms with Crippen LogP contribution in [0, 0.1) is 17.8 Å². The van der Waals surface area contributed by atoms with E-state index in [1.165, 1.54) is 30.4 Å². The first-order valence-corrected chi connectivity index (χ1v) is 10.9. The summed E-state index contributed by atoms with van der Waals surface area (Å²) in [5.74, 6) is 2.13. The van der Waals surface area contributed by atoms with Crippen LogP contribution in [0.15, 0.2) is 24.3 Å². The van der Waals surface area contributed by atoms with Gasteiger partial charge < -0.3 is 5.32 Å². The maximum atomic E-state index is 12.7. The molecule has 5 aliphatic rings. The van der Waals surface area contributed by atoms with Crippen LogP contribution >= 0.6 is 0 Å². The number of nitrogens with one attached hydrogen (secondary N) is 2. The average Bonchev–Trinajstić information content (AvgIpc) is 2.65. The molecule has 0 aromatic heterocycles. The number of hydrogen-bond acceptors (Lipinski definition) is 3. The quantitative estimate of drug-likeness (QED) is 0.845. The Bertz CT molecular complexity index is 755. The van der Waals surface area contributed by atoms with Crippen LogP contribution in [0.2, 0.25) is 0 Å². The topological polar surface area (TPSA) is 61.4 Å². The van der Waals surface area contributed by atoms with E-state index in [2.05, 4.69) is 33.7 Å². The highest BCUT2D eigenvalue weighted by atomic mass is 16.2. The third-order valence-electron chi connectivity index (χ3n) is 7.74. The standard InChI is InChI=1S/C23H31N3O2/c1-15(26-7-6-19-4-2-3-5-20(19)14-26)21(27)24-22(28)25-23-11-16-8-17(12-23)10-18(9-16)13-23/h2-5,15-18H,6-14H2,1H3,(H2,24,25,27,28)/t15-,16?,17?,18?,23?/m0/s1. The van der Waals surface area contributed by atoms with Crippen LogP contribution in [0.4, 0.5) is 4.79 Å². The minimum Gasteiger partial charge on any atom is -0.332 e. The summed E-state index contributed by atoms with van der Waals surface area (Å²) < 4.78 is 0. The number of imide groups is 1. The minimum atomic E-state index is -0.310. The van der Waals surface area contributed by atoms with Crippen LogP contribution in [0.5, 0.6) is 0 Å². The van der Waals surface area contributed by atoms with Gasteiger partial charge in [-0.3, -0.25) is 15.0 Å². The van der Waals surface area contributed by atoms with Gasteiger partial charge in [-0.05, 0) is 80.8 Å². The highest BCUT2D eigenvalue weighted by Gasteiger charge is 2.51. The first-order chi connectivity index (χ1) is 13.5. The average molecular weight is 382 g/mol. The van der Waals surface area contributed by atoms with E-state index >= 15 is 0 Å². The molecular weight excluding hydrogens is 350 g/mol. The fraction of sp³-hybridized carbons (Fsp3) is 0.652. The van der Waals surface area contributed by atoms with E-state index in [1.54, 1.807) is 0 Å². The maximum absolute atomic E-state index is 12.7. The molecule has 4 bridgehead atoms. The van der Waals surface area contributed by atoms with E-state index in [0.717, 1.165) is 56.5 Å². The second-order valence-electron chi connectivity index (χ2n) is 9.81. The van der Waals surface area contributed by atoms with Gasteiger partial charge >= 0.3 is 6.03 Å². The lowest BCUT2D eigenvalue weighted by Crippen LogP contribution is -2.62. The fourth-order valence-electron chi connectivity index (χ4n) is 6.77. The van der Waals surface area contributed by atoms with Crippen molar-refractivity contribution in [3.8, 4) is 0 Å². The maximum Gasteiger partial charge on any atom is 0.321 e. The van der Waals surface area contributed by atoms with E-state index in [4.69, 9.17) is 0 Å². The zero-order valence-electron chi connectivity index (χ0n) is 16.7. The molecule has 6 rings (SSSR count). The number of fused-ring (bicyclic) bond motifs is 1. The summed E-state index contributed by atoms with van der Waals surface area (Å²) >= 11 is 0. The van der Waals surface area contributed by atoms with E-state index < -0.39 is 0 Å². The van der Waals surface area contributed by atoms with Gasteiger partial charge in [-0.15, -0.1) is 0 Å². The van der Waals surface area contributed by atoms with Crippen molar-refractivity contribution in [3.05, 3.63) is 35.4 Å². The Morgan fingerprint density at radius 2 is 1.64 bits per heavy atom. The number of hydrogen-bond donors (Lipinski definition) is 2. The smallest absolute Gasteiger partial charge is 0.321 e. The second kappa shape index (κ2) is 6.87. The first-order valence-electron chi connectivity index (χ1n) is 10.9. The normalized spacial score (nSPS) is 34.5. The molecule has 150 valence electrons. The van der Waals surface area contributed by atoms with Gasteiger partial charge in [-0.25, -0.2) is 4.79 Å². The monoisotopic (exact) mass is 381 g/mol. The third kappa shape index (κ3) is 3.34. The van der Waals surface area contributed by atoms with Gasteiger partial charge in [0.15, 0.2) is 0 Å². The summed E-state index contributed by atoms with van der Waals surface area (Å²) in [4.78, 5) is 27.6. The Morgan fingerprint density at radius 3 is 2.29 bits per heavy atom. The van der Waals surface area contributed by atoms with Crippen molar-refractivity contribution < 1.29 is 9.59 Å². The summed E-state index contributed by atoms with van der Waals surface area (Å²) in [5.41, 5.74) is 2.59. The van der Waals surface area contributed by atoms with Crippen molar-refractivity contribution in [2.24, 2.45) is 17.8 Å². The molecule has 2 N–H and O–H groups in total. The Kier molecular flexibility index (Phi) is 4.46. The van der Waals surface area contributed by atoms with Crippen LogP contribution in [-0.4, -0.2) is 35.0 Å². The highest BCUT2D eigenvalue weighted by molar-refractivity contribution is 5.97. The molecule has 1 aromatic carbocycles. The van der Waals surface area contributed by atoms with Crippen molar-refractivity contribution in [2.45, 2.75) is 70.0 Å². The summed E-state index contributed by atoms with van der Waals surface area (Å²) in [6.45, 7) is 3.52. The zero-order chi connectivity index (χ0) is 19.3. The van der Waals surface area contributed by atoms with Gasteiger partial charge in [0.1, 0.15) is 0 Å². The molecule has 4 saturated carbocycles. The fourth-order valence-corrected chi connectivity index (χ4v) is 6.77. The first kappa shape index (κ1) is 18.2. The second-order valence-corrected chi connectivity index (χ2v) is 9.81. The van der Waals surface area contributed by atoms with Gasteiger partial charge in [0.05, 0.1) is 6.04 Å². The van der Waals surface area contributed by atoms with E-state index in [1.807, 2.05) is 13.0 Å². The van der Waals surface area contributed by atoms with Crippen LogP contribution in [-0.2, 0) is 17.8 Å². The minimum absolute atomic E-state index is 0.0631. The molecule has 0 unspecified atom stereocenters.